The number of benzene rings is 2. The molecule has 0 heterocycles. The minimum atomic E-state index is -0.935. The van der Waals surface area contributed by atoms with Crippen molar-refractivity contribution in [2.75, 3.05) is 18.5 Å². The lowest BCUT2D eigenvalue weighted by atomic mass is 9.94. The number of hydrogen-bond acceptors (Lipinski definition) is 4. The number of anilines is 1. The first-order chi connectivity index (χ1) is 17.9. The van der Waals surface area contributed by atoms with E-state index in [1.807, 2.05) is 11.0 Å². The molecule has 2 aliphatic rings. The number of aryl methyl sites for hydroxylation is 1. The van der Waals surface area contributed by atoms with Gasteiger partial charge in [0.2, 0.25) is 0 Å². The standard InChI is InChI=1S/C29H37FN2O5/c1-20-7-4-8-21(27(20)28(33)34)19-37-26-14-6-13-25(18-26)36-16-15-32(24-11-2-3-12-24)29(35)31-23-10-5-9-22(30)17-23/h4-5,7-10,17,24-26H,2-3,6,11-16,18-19H2,1H3,(H,31,35)(H,33,34)/t25-,26+/m0/s1. The van der Waals surface area contributed by atoms with E-state index in [0.29, 0.717) is 30.0 Å². The van der Waals surface area contributed by atoms with Gasteiger partial charge in [-0.2, -0.15) is 0 Å². The molecule has 0 aliphatic heterocycles. The summed E-state index contributed by atoms with van der Waals surface area (Å²) in [5.41, 5.74) is 2.18. The first-order valence-corrected chi connectivity index (χ1v) is 13.3. The molecule has 0 radical (unpaired) electrons. The molecule has 2 N–H and O–H groups in total. The molecule has 200 valence electrons. The second kappa shape index (κ2) is 13.0. The van der Waals surface area contributed by atoms with Gasteiger partial charge in [0.25, 0.3) is 0 Å². The van der Waals surface area contributed by atoms with Crippen molar-refractivity contribution in [1.82, 2.24) is 4.90 Å². The third kappa shape index (κ3) is 7.52. The van der Waals surface area contributed by atoms with Crippen molar-refractivity contribution in [2.24, 2.45) is 0 Å². The molecular formula is C29H37FN2O5. The third-order valence-corrected chi connectivity index (χ3v) is 7.41. The quantitative estimate of drug-likeness (QED) is 0.398. The van der Waals surface area contributed by atoms with Crippen LogP contribution in [0, 0.1) is 12.7 Å². The highest BCUT2D eigenvalue weighted by Gasteiger charge is 2.28. The second-order valence-corrected chi connectivity index (χ2v) is 10.1. The monoisotopic (exact) mass is 512 g/mol. The van der Waals surface area contributed by atoms with Crippen LogP contribution < -0.4 is 5.32 Å². The average Bonchev–Trinajstić information content (AvgIpc) is 3.40. The highest BCUT2D eigenvalue weighted by Crippen LogP contribution is 2.27. The number of nitrogens with one attached hydrogen (secondary N) is 1. The predicted octanol–water partition coefficient (Wildman–Crippen LogP) is 6.15. The molecule has 2 fully saturated rings. The van der Waals surface area contributed by atoms with Gasteiger partial charge in [0.15, 0.2) is 0 Å². The first kappa shape index (κ1) is 27.1. The van der Waals surface area contributed by atoms with Crippen LogP contribution in [0.25, 0.3) is 0 Å². The third-order valence-electron chi connectivity index (χ3n) is 7.41. The Labute approximate surface area is 218 Å². The molecule has 4 rings (SSSR count). The summed E-state index contributed by atoms with van der Waals surface area (Å²) >= 11 is 0. The molecule has 2 amide bonds. The van der Waals surface area contributed by atoms with E-state index in [-0.39, 0.29) is 36.7 Å². The summed E-state index contributed by atoms with van der Waals surface area (Å²) in [6.45, 7) is 2.95. The summed E-state index contributed by atoms with van der Waals surface area (Å²) < 4.78 is 25.9. The van der Waals surface area contributed by atoms with Crippen LogP contribution in [0.2, 0.25) is 0 Å². The lowest BCUT2D eigenvalue weighted by Gasteiger charge is -2.32. The molecule has 0 saturated heterocycles. The summed E-state index contributed by atoms with van der Waals surface area (Å²) in [6, 6.07) is 11.3. The molecule has 8 heteroatoms. The topological polar surface area (TPSA) is 88.1 Å². The van der Waals surface area contributed by atoms with Crippen molar-refractivity contribution in [3.63, 3.8) is 0 Å². The SMILES string of the molecule is Cc1cccc(CO[C@@H]2CCC[C@H](OCCN(C(=O)Nc3cccc(F)c3)C3CCCC3)C2)c1C(=O)O. The molecule has 2 atom stereocenters. The van der Waals surface area contributed by atoms with E-state index in [1.165, 1.54) is 12.1 Å². The molecule has 2 saturated carbocycles. The van der Waals surface area contributed by atoms with Crippen LogP contribution >= 0.6 is 0 Å². The van der Waals surface area contributed by atoms with Crippen molar-refractivity contribution in [2.45, 2.75) is 83.1 Å². The molecule has 37 heavy (non-hydrogen) atoms. The van der Waals surface area contributed by atoms with Crippen molar-refractivity contribution in [1.29, 1.82) is 0 Å². The Balaban J connectivity index is 1.28. The number of ether oxygens (including phenoxy) is 2. The zero-order valence-corrected chi connectivity index (χ0v) is 21.5. The lowest BCUT2D eigenvalue weighted by molar-refractivity contribution is -0.0531. The number of carbonyl (C=O) groups excluding carboxylic acids is 1. The number of nitrogens with zero attached hydrogens (tertiary/aromatic N) is 1. The molecule has 2 aromatic rings. The van der Waals surface area contributed by atoms with Crippen LogP contribution in [0.15, 0.2) is 42.5 Å². The molecule has 2 aliphatic carbocycles. The zero-order valence-electron chi connectivity index (χ0n) is 21.5. The Morgan fingerprint density at radius 2 is 1.76 bits per heavy atom. The maximum Gasteiger partial charge on any atom is 0.336 e. The largest absolute Gasteiger partial charge is 0.478 e. The van der Waals surface area contributed by atoms with Gasteiger partial charge in [-0.15, -0.1) is 0 Å². The van der Waals surface area contributed by atoms with Crippen LogP contribution in [0.1, 0.15) is 72.9 Å². The van der Waals surface area contributed by atoms with Crippen LogP contribution in [-0.4, -0.2) is 53.4 Å². The summed E-state index contributed by atoms with van der Waals surface area (Å²) in [6.07, 6.45) is 7.73. The van der Waals surface area contributed by atoms with E-state index >= 15 is 0 Å². The average molecular weight is 513 g/mol. The number of halogens is 1. The number of hydrogen-bond donors (Lipinski definition) is 2. The molecule has 7 nitrogen and oxygen atoms in total. The fraction of sp³-hybridized carbons (Fsp3) is 0.517. The van der Waals surface area contributed by atoms with Crippen LogP contribution in [0.4, 0.5) is 14.9 Å². The first-order valence-electron chi connectivity index (χ1n) is 13.3. The molecule has 0 bridgehead atoms. The summed E-state index contributed by atoms with van der Waals surface area (Å²) in [7, 11) is 0. The molecule has 2 aromatic carbocycles. The summed E-state index contributed by atoms with van der Waals surface area (Å²) in [5.74, 6) is -1.32. The number of carboxylic acids is 1. The smallest absolute Gasteiger partial charge is 0.336 e. The predicted molar refractivity (Wildman–Crippen MR) is 139 cm³/mol. The van der Waals surface area contributed by atoms with Crippen LogP contribution in [0.3, 0.4) is 0 Å². The van der Waals surface area contributed by atoms with Gasteiger partial charge >= 0.3 is 12.0 Å². The van der Waals surface area contributed by atoms with Gasteiger partial charge in [-0.1, -0.05) is 37.1 Å². The van der Waals surface area contributed by atoms with E-state index in [1.54, 1.807) is 31.2 Å². The van der Waals surface area contributed by atoms with Crippen molar-refractivity contribution in [3.05, 3.63) is 65.0 Å². The molecule has 0 unspecified atom stereocenters. The maximum atomic E-state index is 13.6. The zero-order chi connectivity index (χ0) is 26.2. The van der Waals surface area contributed by atoms with Gasteiger partial charge in [0.1, 0.15) is 5.82 Å². The molecular weight excluding hydrogens is 475 g/mol. The number of carboxylic acid groups (broad SMARTS) is 1. The lowest BCUT2D eigenvalue weighted by Crippen LogP contribution is -2.44. The number of amides is 2. The van der Waals surface area contributed by atoms with Gasteiger partial charge in [0, 0.05) is 18.3 Å². The fourth-order valence-corrected chi connectivity index (χ4v) is 5.51. The Kier molecular flexibility index (Phi) is 9.52. The number of rotatable bonds is 10. The number of aromatic carboxylic acids is 1. The van der Waals surface area contributed by atoms with Crippen molar-refractivity contribution < 1.29 is 28.6 Å². The Hall–Kier alpha value is -2.97. The highest BCUT2D eigenvalue weighted by atomic mass is 19.1. The van der Waals surface area contributed by atoms with Gasteiger partial charge in [0.05, 0.1) is 31.0 Å². The van der Waals surface area contributed by atoms with E-state index < -0.39 is 5.97 Å². The minimum absolute atomic E-state index is 0.00289. The van der Waals surface area contributed by atoms with E-state index in [2.05, 4.69) is 5.32 Å². The Morgan fingerprint density at radius 1 is 1.03 bits per heavy atom. The maximum absolute atomic E-state index is 13.6. The summed E-state index contributed by atoms with van der Waals surface area (Å²) in [4.78, 5) is 26.5. The van der Waals surface area contributed by atoms with Crippen LogP contribution in [-0.2, 0) is 16.1 Å². The number of carbonyl (C=O) groups is 2. The Morgan fingerprint density at radius 3 is 2.49 bits per heavy atom. The Bertz CT molecular complexity index is 1070. The molecule has 0 aromatic heterocycles. The van der Waals surface area contributed by atoms with Gasteiger partial charge in [-0.05, 0) is 74.8 Å². The van der Waals surface area contributed by atoms with Crippen molar-refractivity contribution >= 4 is 17.7 Å². The van der Waals surface area contributed by atoms with E-state index in [0.717, 1.165) is 56.9 Å². The van der Waals surface area contributed by atoms with Gasteiger partial charge in [-0.25, -0.2) is 14.0 Å². The minimum Gasteiger partial charge on any atom is -0.478 e. The van der Waals surface area contributed by atoms with Gasteiger partial charge in [-0.3, -0.25) is 0 Å². The van der Waals surface area contributed by atoms with Crippen molar-refractivity contribution in [3.8, 4) is 0 Å². The van der Waals surface area contributed by atoms with Crippen LogP contribution in [0.5, 0.6) is 0 Å². The fourth-order valence-electron chi connectivity index (χ4n) is 5.51. The molecule has 0 spiro atoms. The van der Waals surface area contributed by atoms with E-state index in [9.17, 15) is 19.1 Å². The van der Waals surface area contributed by atoms with Gasteiger partial charge < -0.3 is 24.8 Å². The normalized spacial score (nSPS) is 20.1. The number of urea groups is 1. The highest BCUT2D eigenvalue weighted by molar-refractivity contribution is 5.91. The summed E-state index contributed by atoms with van der Waals surface area (Å²) in [5, 5.41) is 12.4. The van der Waals surface area contributed by atoms with E-state index in [4.69, 9.17) is 9.47 Å². The second-order valence-electron chi connectivity index (χ2n) is 10.1.